The summed E-state index contributed by atoms with van der Waals surface area (Å²) < 4.78 is 5.26. The van der Waals surface area contributed by atoms with Gasteiger partial charge in [-0.15, -0.1) is 0 Å². The summed E-state index contributed by atoms with van der Waals surface area (Å²) in [5.41, 5.74) is 1.03. The van der Waals surface area contributed by atoms with Gasteiger partial charge in [-0.05, 0) is 24.5 Å². The molecule has 0 radical (unpaired) electrons. The van der Waals surface area contributed by atoms with Crippen LogP contribution in [0.5, 0.6) is 0 Å². The molecule has 2 amide bonds. The van der Waals surface area contributed by atoms with Crippen LogP contribution in [0.4, 0.5) is 4.79 Å². The normalized spacial score (nSPS) is 16.3. The van der Waals surface area contributed by atoms with E-state index in [9.17, 15) is 4.79 Å². The van der Waals surface area contributed by atoms with Crippen LogP contribution in [-0.2, 0) is 11.3 Å². The Labute approximate surface area is 107 Å². The predicted molar refractivity (Wildman–Crippen MR) is 68.1 cm³/mol. The van der Waals surface area contributed by atoms with E-state index in [1.807, 2.05) is 12.1 Å². The van der Waals surface area contributed by atoms with E-state index >= 15 is 0 Å². The molecule has 0 saturated carbocycles. The van der Waals surface area contributed by atoms with Crippen LogP contribution >= 0.6 is 0 Å². The fourth-order valence-electron chi connectivity index (χ4n) is 1.96. The molecule has 0 bridgehead atoms. The third kappa shape index (κ3) is 3.70. The van der Waals surface area contributed by atoms with E-state index in [-0.39, 0.29) is 12.1 Å². The van der Waals surface area contributed by atoms with Crippen LogP contribution in [0.15, 0.2) is 24.5 Å². The van der Waals surface area contributed by atoms with Crippen molar-refractivity contribution in [3.05, 3.63) is 30.1 Å². The number of ether oxygens (including phenoxy) is 1. The summed E-state index contributed by atoms with van der Waals surface area (Å²) in [6.07, 6.45) is 5.29. The lowest BCUT2D eigenvalue weighted by Crippen LogP contribution is -2.44. The standard InChI is InChI=1S/C13H19N3O2/c1-16(10-11-3-2-6-14-9-11)13(17)15-12-4-7-18-8-5-12/h2-3,6,9,12H,4-5,7-8,10H2,1H3,(H,15,17). The molecule has 0 aromatic carbocycles. The van der Waals surface area contributed by atoms with Gasteiger partial charge in [-0.25, -0.2) is 4.79 Å². The smallest absolute Gasteiger partial charge is 0.317 e. The highest BCUT2D eigenvalue weighted by Crippen LogP contribution is 2.07. The van der Waals surface area contributed by atoms with Gasteiger partial charge in [0.2, 0.25) is 0 Å². The van der Waals surface area contributed by atoms with E-state index in [4.69, 9.17) is 4.74 Å². The largest absolute Gasteiger partial charge is 0.381 e. The number of aromatic nitrogens is 1. The second kappa shape index (κ2) is 6.35. The van der Waals surface area contributed by atoms with Crippen LogP contribution in [0.25, 0.3) is 0 Å². The van der Waals surface area contributed by atoms with Crippen LogP contribution in [0, 0.1) is 0 Å². The molecule has 1 aromatic rings. The first-order valence-electron chi connectivity index (χ1n) is 6.24. The Morgan fingerprint density at radius 2 is 2.33 bits per heavy atom. The lowest BCUT2D eigenvalue weighted by atomic mass is 10.1. The Morgan fingerprint density at radius 1 is 1.56 bits per heavy atom. The summed E-state index contributed by atoms with van der Waals surface area (Å²) in [4.78, 5) is 17.7. The number of carbonyl (C=O) groups is 1. The van der Waals surface area contributed by atoms with Crippen LogP contribution in [-0.4, -0.2) is 42.2 Å². The van der Waals surface area contributed by atoms with Crippen molar-refractivity contribution in [1.82, 2.24) is 15.2 Å². The number of amides is 2. The highest BCUT2D eigenvalue weighted by atomic mass is 16.5. The summed E-state index contributed by atoms with van der Waals surface area (Å²) in [5.74, 6) is 0. The number of nitrogens with zero attached hydrogens (tertiary/aromatic N) is 2. The van der Waals surface area contributed by atoms with Gasteiger partial charge in [0.25, 0.3) is 0 Å². The maximum absolute atomic E-state index is 12.0. The lowest BCUT2D eigenvalue weighted by molar-refractivity contribution is 0.0784. The van der Waals surface area contributed by atoms with E-state index in [2.05, 4.69) is 10.3 Å². The van der Waals surface area contributed by atoms with E-state index in [1.165, 1.54) is 0 Å². The number of hydrogen-bond acceptors (Lipinski definition) is 3. The highest BCUT2D eigenvalue weighted by molar-refractivity contribution is 5.74. The molecule has 1 aromatic heterocycles. The van der Waals surface area contributed by atoms with Crippen molar-refractivity contribution >= 4 is 6.03 Å². The topological polar surface area (TPSA) is 54.5 Å². The minimum atomic E-state index is -0.0363. The molecule has 18 heavy (non-hydrogen) atoms. The van der Waals surface area contributed by atoms with Gasteiger partial charge >= 0.3 is 6.03 Å². The third-order valence-electron chi connectivity index (χ3n) is 3.04. The Morgan fingerprint density at radius 3 is 3.00 bits per heavy atom. The van der Waals surface area contributed by atoms with E-state index in [0.717, 1.165) is 31.6 Å². The van der Waals surface area contributed by atoms with Gasteiger partial charge in [0.1, 0.15) is 0 Å². The first-order valence-corrected chi connectivity index (χ1v) is 6.24. The minimum Gasteiger partial charge on any atom is -0.381 e. The molecule has 1 N–H and O–H groups in total. The average Bonchev–Trinajstić information content (AvgIpc) is 2.41. The highest BCUT2D eigenvalue weighted by Gasteiger charge is 2.18. The second-order valence-electron chi connectivity index (χ2n) is 4.55. The zero-order valence-corrected chi connectivity index (χ0v) is 10.6. The molecule has 0 atom stereocenters. The quantitative estimate of drug-likeness (QED) is 0.881. The summed E-state index contributed by atoms with van der Waals surface area (Å²) in [6.45, 7) is 2.04. The molecule has 0 aliphatic carbocycles. The molecule has 2 heterocycles. The second-order valence-corrected chi connectivity index (χ2v) is 4.55. The van der Waals surface area contributed by atoms with Gasteiger partial charge in [0, 0.05) is 45.2 Å². The maximum atomic E-state index is 12.0. The van der Waals surface area contributed by atoms with Crippen LogP contribution in [0.2, 0.25) is 0 Å². The number of pyridine rings is 1. The van der Waals surface area contributed by atoms with Gasteiger partial charge < -0.3 is 15.0 Å². The molecular weight excluding hydrogens is 230 g/mol. The van der Waals surface area contributed by atoms with Crippen LogP contribution < -0.4 is 5.32 Å². The van der Waals surface area contributed by atoms with E-state index < -0.39 is 0 Å². The Bertz CT molecular complexity index is 377. The lowest BCUT2D eigenvalue weighted by Gasteiger charge is -2.26. The summed E-state index contributed by atoms with van der Waals surface area (Å²) in [5, 5.41) is 3.03. The van der Waals surface area contributed by atoms with E-state index in [1.54, 1.807) is 24.3 Å². The fraction of sp³-hybridized carbons (Fsp3) is 0.538. The molecule has 5 nitrogen and oxygen atoms in total. The van der Waals surface area contributed by atoms with Gasteiger partial charge in [-0.3, -0.25) is 4.98 Å². The molecule has 0 spiro atoms. The van der Waals surface area contributed by atoms with Crippen molar-refractivity contribution in [3.8, 4) is 0 Å². The van der Waals surface area contributed by atoms with E-state index in [0.29, 0.717) is 6.54 Å². The molecule has 1 aliphatic rings. The van der Waals surface area contributed by atoms with Crippen molar-refractivity contribution in [2.45, 2.75) is 25.4 Å². The van der Waals surface area contributed by atoms with Crippen molar-refractivity contribution in [2.75, 3.05) is 20.3 Å². The number of rotatable bonds is 3. The van der Waals surface area contributed by atoms with Crippen molar-refractivity contribution in [1.29, 1.82) is 0 Å². The van der Waals surface area contributed by atoms with Gasteiger partial charge in [-0.1, -0.05) is 6.07 Å². The number of hydrogen-bond donors (Lipinski definition) is 1. The predicted octanol–water partition coefficient (Wildman–Crippen LogP) is 1.40. The monoisotopic (exact) mass is 249 g/mol. The summed E-state index contributed by atoms with van der Waals surface area (Å²) in [7, 11) is 1.79. The minimum absolute atomic E-state index is 0.0363. The first kappa shape index (κ1) is 12.8. The maximum Gasteiger partial charge on any atom is 0.317 e. The Kier molecular flexibility index (Phi) is 4.52. The van der Waals surface area contributed by atoms with Crippen molar-refractivity contribution in [3.63, 3.8) is 0 Å². The molecule has 98 valence electrons. The summed E-state index contributed by atoms with van der Waals surface area (Å²) >= 11 is 0. The van der Waals surface area contributed by atoms with Crippen molar-refractivity contribution in [2.24, 2.45) is 0 Å². The van der Waals surface area contributed by atoms with Crippen LogP contribution in [0.1, 0.15) is 18.4 Å². The van der Waals surface area contributed by atoms with Crippen LogP contribution in [0.3, 0.4) is 0 Å². The zero-order valence-electron chi connectivity index (χ0n) is 10.6. The first-order chi connectivity index (χ1) is 8.75. The Balaban J connectivity index is 1.81. The Hall–Kier alpha value is -1.62. The summed E-state index contributed by atoms with van der Waals surface area (Å²) in [6, 6.07) is 4.04. The SMILES string of the molecule is CN(Cc1cccnc1)C(=O)NC1CCOCC1. The number of nitrogens with one attached hydrogen (secondary N) is 1. The zero-order chi connectivity index (χ0) is 12.8. The number of carbonyl (C=O) groups excluding carboxylic acids is 1. The van der Waals surface area contributed by atoms with Gasteiger partial charge in [0.05, 0.1) is 0 Å². The molecule has 1 fully saturated rings. The number of urea groups is 1. The average molecular weight is 249 g/mol. The van der Waals surface area contributed by atoms with Gasteiger partial charge in [0.15, 0.2) is 0 Å². The van der Waals surface area contributed by atoms with Crippen molar-refractivity contribution < 1.29 is 9.53 Å². The van der Waals surface area contributed by atoms with Gasteiger partial charge in [-0.2, -0.15) is 0 Å². The molecule has 5 heteroatoms. The third-order valence-corrected chi connectivity index (χ3v) is 3.04. The fourth-order valence-corrected chi connectivity index (χ4v) is 1.96. The molecule has 1 saturated heterocycles. The molecule has 1 aliphatic heterocycles. The molecule has 0 unspecified atom stereocenters. The molecular formula is C13H19N3O2. The molecule has 2 rings (SSSR count).